The van der Waals surface area contributed by atoms with Crippen molar-refractivity contribution in [3.05, 3.63) is 71.4 Å². The highest BCUT2D eigenvalue weighted by molar-refractivity contribution is 5.94. The Morgan fingerprint density at radius 2 is 1.91 bits per heavy atom. The van der Waals surface area contributed by atoms with Crippen LogP contribution in [0.1, 0.15) is 22.6 Å². The van der Waals surface area contributed by atoms with Crippen molar-refractivity contribution in [1.82, 2.24) is 10.3 Å². The van der Waals surface area contributed by atoms with Crippen LogP contribution in [0.15, 0.2) is 54.7 Å². The van der Waals surface area contributed by atoms with Crippen LogP contribution >= 0.6 is 0 Å². The molecule has 2 N–H and O–H groups in total. The third kappa shape index (κ3) is 2.19. The second kappa shape index (κ2) is 5.34. The molecule has 0 saturated heterocycles. The molecule has 22 heavy (non-hydrogen) atoms. The Balaban J connectivity index is 1.85. The van der Waals surface area contributed by atoms with Crippen LogP contribution in [0, 0.1) is 0 Å². The van der Waals surface area contributed by atoms with Crippen LogP contribution in [-0.4, -0.2) is 17.4 Å². The van der Waals surface area contributed by atoms with E-state index in [1.165, 1.54) is 16.5 Å². The summed E-state index contributed by atoms with van der Waals surface area (Å²) in [7, 11) is 0. The Morgan fingerprint density at radius 3 is 2.77 bits per heavy atom. The van der Waals surface area contributed by atoms with Gasteiger partial charge in [0.1, 0.15) is 0 Å². The molecule has 0 saturated carbocycles. The average Bonchev–Trinajstić information content (AvgIpc) is 2.96. The van der Waals surface area contributed by atoms with Gasteiger partial charge in [-0.05, 0) is 35.6 Å². The lowest BCUT2D eigenvalue weighted by Crippen LogP contribution is -2.33. The van der Waals surface area contributed by atoms with Crippen molar-refractivity contribution in [2.75, 3.05) is 6.54 Å². The molecule has 0 radical (unpaired) electrons. The van der Waals surface area contributed by atoms with E-state index in [1.54, 1.807) is 0 Å². The van der Waals surface area contributed by atoms with Gasteiger partial charge in [0.05, 0.1) is 5.92 Å². The van der Waals surface area contributed by atoms with E-state index in [9.17, 15) is 4.79 Å². The minimum absolute atomic E-state index is 0.128. The van der Waals surface area contributed by atoms with Gasteiger partial charge in [-0.15, -0.1) is 0 Å². The van der Waals surface area contributed by atoms with Crippen LogP contribution in [0.25, 0.3) is 10.9 Å². The molecular weight excluding hydrogens is 272 g/mol. The topological polar surface area (TPSA) is 44.9 Å². The molecule has 1 unspecified atom stereocenters. The molecule has 2 heterocycles. The number of nitrogens with one attached hydrogen (secondary N) is 2. The number of aromatic nitrogens is 1. The van der Waals surface area contributed by atoms with Gasteiger partial charge in [-0.1, -0.05) is 42.5 Å². The summed E-state index contributed by atoms with van der Waals surface area (Å²) in [4.78, 5) is 16.0. The zero-order valence-corrected chi connectivity index (χ0v) is 12.3. The van der Waals surface area contributed by atoms with Crippen LogP contribution in [-0.2, 0) is 17.6 Å². The van der Waals surface area contributed by atoms with Crippen LogP contribution in [0.5, 0.6) is 0 Å². The summed E-state index contributed by atoms with van der Waals surface area (Å²) in [6.07, 6.45) is 3.68. The third-order valence-electron chi connectivity index (χ3n) is 4.49. The maximum atomic E-state index is 12.6. The van der Waals surface area contributed by atoms with E-state index in [4.69, 9.17) is 0 Å². The van der Waals surface area contributed by atoms with E-state index in [0.717, 1.165) is 23.9 Å². The lowest BCUT2D eigenvalue weighted by atomic mass is 9.86. The quantitative estimate of drug-likeness (QED) is 0.748. The molecule has 110 valence electrons. The van der Waals surface area contributed by atoms with E-state index >= 15 is 0 Å². The maximum Gasteiger partial charge on any atom is 0.227 e. The molecule has 2 aromatic carbocycles. The molecule has 1 aliphatic heterocycles. The Bertz CT molecular complexity index is 820. The predicted octanol–water partition coefficient (Wildman–Crippen LogP) is 3.17. The Kier molecular flexibility index (Phi) is 3.19. The highest BCUT2D eigenvalue weighted by Gasteiger charge is 2.26. The summed E-state index contributed by atoms with van der Waals surface area (Å²) in [6.45, 7) is 0.700. The molecule has 4 rings (SSSR count). The fraction of sp³-hybridized carbons (Fsp3) is 0.211. The zero-order chi connectivity index (χ0) is 14.9. The molecule has 3 nitrogen and oxygen atoms in total. The molecule has 3 aromatic rings. The van der Waals surface area contributed by atoms with Crippen molar-refractivity contribution in [3.63, 3.8) is 0 Å². The number of hydrogen-bond donors (Lipinski definition) is 2. The minimum atomic E-state index is -0.138. The third-order valence-corrected chi connectivity index (χ3v) is 4.49. The standard InChI is InChI=1S/C19H18N2O/c22-19-16(11-13-5-2-1-3-6-13)15-7-4-8-17-18(15)14(12-21-17)9-10-20-19/h1-8,12,16,21H,9-11H2,(H,20,22). The minimum Gasteiger partial charge on any atom is -0.361 e. The second-order valence-electron chi connectivity index (χ2n) is 5.87. The first kappa shape index (κ1) is 13.1. The Morgan fingerprint density at radius 1 is 1.05 bits per heavy atom. The van der Waals surface area contributed by atoms with Crippen molar-refractivity contribution < 1.29 is 4.79 Å². The van der Waals surface area contributed by atoms with Crippen LogP contribution in [0.3, 0.4) is 0 Å². The highest BCUT2D eigenvalue weighted by atomic mass is 16.1. The molecule has 1 aliphatic rings. The molecule has 3 heteroatoms. The van der Waals surface area contributed by atoms with E-state index in [-0.39, 0.29) is 11.8 Å². The van der Waals surface area contributed by atoms with E-state index in [1.807, 2.05) is 24.3 Å². The Labute approximate surface area is 129 Å². The van der Waals surface area contributed by atoms with Crippen molar-refractivity contribution in [3.8, 4) is 0 Å². The fourth-order valence-electron chi connectivity index (χ4n) is 3.41. The number of H-pyrrole nitrogens is 1. The first-order valence-corrected chi connectivity index (χ1v) is 7.73. The number of aromatic amines is 1. The largest absolute Gasteiger partial charge is 0.361 e. The van der Waals surface area contributed by atoms with Gasteiger partial charge in [0.25, 0.3) is 0 Å². The number of benzene rings is 2. The lowest BCUT2D eigenvalue weighted by molar-refractivity contribution is -0.122. The van der Waals surface area contributed by atoms with Gasteiger partial charge >= 0.3 is 0 Å². The van der Waals surface area contributed by atoms with Crippen molar-refractivity contribution in [1.29, 1.82) is 0 Å². The summed E-state index contributed by atoms with van der Waals surface area (Å²) < 4.78 is 0. The smallest absolute Gasteiger partial charge is 0.227 e. The summed E-state index contributed by atoms with van der Waals surface area (Å²) in [5.74, 6) is -0.0100. The number of carbonyl (C=O) groups excluding carboxylic acids is 1. The molecule has 1 aromatic heterocycles. The van der Waals surface area contributed by atoms with Crippen molar-refractivity contribution in [2.24, 2.45) is 0 Å². The SMILES string of the molecule is O=C1NCCc2c[nH]c3cccc(c23)C1Cc1ccccc1. The number of carbonyl (C=O) groups is 1. The molecular formula is C19H18N2O. The van der Waals surface area contributed by atoms with E-state index < -0.39 is 0 Å². The van der Waals surface area contributed by atoms with Crippen molar-refractivity contribution >= 4 is 16.8 Å². The lowest BCUT2D eigenvalue weighted by Gasteiger charge is -2.21. The normalized spacial score (nSPS) is 17.8. The predicted molar refractivity (Wildman–Crippen MR) is 87.9 cm³/mol. The van der Waals surface area contributed by atoms with E-state index in [0.29, 0.717) is 6.54 Å². The van der Waals surface area contributed by atoms with Crippen LogP contribution < -0.4 is 5.32 Å². The number of hydrogen-bond acceptors (Lipinski definition) is 1. The molecule has 0 spiro atoms. The molecule has 1 amide bonds. The summed E-state index contributed by atoms with van der Waals surface area (Å²) >= 11 is 0. The van der Waals surface area contributed by atoms with E-state index in [2.05, 4.69) is 40.8 Å². The van der Waals surface area contributed by atoms with Gasteiger partial charge in [-0.2, -0.15) is 0 Å². The average molecular weight is 290 g/mol. The second-order valence-corrected chi connectivity index (χ2v) is 5.87. The highest BCUT2D eigenvalue weighted by Crippen LogP contribution is 2.32. The summed E-state index contributed by atoms with van der Waals surface area (Å²) in [5.41, 5.74) is 4.75. The molecule has 1 atom stereocenters. The van der Waals surface area contributed by atoms with Gasteiger partial charge in [0.15, 0.2) is 0 Å². The van der Waals surface area contributed by atoms with Gasteiger partial charge in [0, 0.05) is 23.6 Å². The monoisotopic (exact) mass is 290 g/mol. The number of amides is 1. The first-order chi connectivity index (χ1) is 10.8. The number of rotatable bonds is 2. The zero-order valence-electron chi connectivity index (χ0n) is 12.3. The van der Waals surface area contributed by atoms with Gasteiger partial charge < -0.3 is 10.3 Å². The van der Waals surface area contributed by atoms with Crippen LogP contribution in [0.4, 0.5) is 0 Å². The maximum absolute atomic E-state index is 12.6. The van der Waals surface area contributed by atoms with Gasteiger partial charge in [0.2, 0.25) is 5.91 Å². The molecule has 0 bridgehead atoms. The molecule has 0 fully saturated rings. The first-order valence-electron chi connectivity index (χ1n) is 7.73. The Hall–Kier alpha value is -2.55. The van der Waals surface area contributed by atoms with Crippen LogP contribution in [0.2, 0.25) is 0 Å². The van der Waals surface area contributed by atoms with Crippen molar-refractivity contribution in [2.45, 2.75) is 18.8 Å². The summed E-state index contributed by atoms with van der Waals surface area (Å²) in [5, 5.41) is 4.31. The fourth-order valence-corrected chi connectivity index (χ4v) is 3.41. The molecule has 0 aliphatic carbocycles. The summed E-state index contributed by atoms with van der Waals surface area (Å²) in [6, 6.07) is 16.4. The van der Waals surface area contributed by atoms with Gasteiger partial charge in [-0.25, -0.2) is 0 Å². The van der Waals surface area contributed by atoms with Gasteiger partial charge in [-0.3, -0.25) is 4.79 Å².